The molecule has 4 rings (SSSR count). The molecule has 6 heteroatoms. The van der Waals surface area contributed by atoms with Gasteiger partial charge in [0.2, 0.25) is 5.95 Å². The molecule has 26 heavy (non-hydrogen) atoms. The average Bonchev–Trinajstić information content (AvgIpc) is 2.72. The van der Waals surface area contributed by atoms with E-state index in [1.165, 1.54) is 11.1 Å². The Kier molecular flexibility index (Phi) is 4.55. The predicted octanol–water partition coefficient (Wildman–Crippen LogP) is 2.68. The highest BCUT2D eigenvalue weighted by Crippen LogP contribution is 2.20. The van der Waals surface area contributed by atoms with Gasteiger partial charge < -0.3 is 10.2 Å². The van der Waals surface area contributed by atoms with Crippen LogP contribution in [0.25, 0.3) is 0 Å². The summed E-state index contributed by atoms with van der Waals surface area (Å²) in [5.74, 6) is 0.388. The molecule has 0 saturated heterocycles. The molecule has 0 bridgehead atoms. The minimum Gasteiger partial charge on any atom is -0.350 e. The number of benzene rings is 1. The zero-order chi connectivity index (χ0) is 17.8. The summed E-state index contributed by atoms with van der Waals surface area (Å²) >= 11 is 0. The number of amides is 1. The van der Waals surface area contributed by atoms with Gasteiger partial charge in [0.15, 0.2) is 0 Å². The third-order valence-electron chi connectivity index (χ3n) is 4.49. The van der Waals surface area contributed by atoms with E-state index in [9.17, 15) is 4.79 Å². The van der Waals surface area contributed by atoms with Crippen LogP contribution in [0.1, 0.15) is 27.2 Å². The summed E-state index contributed by atoms with van der Waals surface area (Å²) < 4.78 is 0. The van der Waals surface area contributed by atoms with Gasteiger partial charge in [0, 0.05) is 38.2 Å². The molecule has 1 aromatic carbocycles. The highest BCUT2D eigenvalue weighted by molar-refractivity contribution is 5.92. The molecule has 3 aromatic rings. The normalized spacial score (nSPS) is 13.2. The Labute approximate surface area is 151 Å². The highest BCUT2D eigenvalue weighted by atomic mass is 16.2. The zero-order valence-corrected chi connectivity index (χ0v) is 14.3. The van der Waals surface area contributed by atoms with Crippen molar-refractivity contribution in [3.63, 3.8) is 0 Å². The van der Waals surface area contributed by atoms with Crippen molar-refractivity contribution in [1.29, 1.82) is 0 Å². The topological polar surface area (TPSA) is 71.0 Å². The molecule has 0 atom stereocenters. The van der Waals surface area contributed by atoms with Gasteiger partial charge in [-0.3, -0.25) is 9.78 Å². The second-order valence-corrected chi connectivity index (χ2v) is 6.22. The van der Waals surface area contributed by atoms with Crippen LogP contribution in [0.2, 0.25) is 0 Å². The number of hydrogen-bond acceptors (Lipinski definition) is 5. The number of nitrogens with one attached hydrogen (secondary N) is 1. The summed E-state index contributed by atoms with van der Waals surface area (Å²) in [6.07, 6.45) is 5.98. The van der Waals surface area contributed by atoms with Crippen molar-refractivity contribution in [2.45, 2.75) is 19.5 Å². The third kappa shape index (κ3) is 3.54. The van der Waals surface area contributed by atoms with E-state index in [-0.39, 0.29) is 5.91 Å². The number of fused-ring (bicyclic) bond motifs is 1. The lowest BCUT2D eigenvalue weighted by atomic mass is 10.00. The largest absolute Gasteiger partial charge is 0.350 e. The van der Waals surface area contributed by atoms with E-state index in [2.05, 4.69) is 32.4 Å². The molecule has 1 N–H and O–H groups in total. The lowest BCUT2D eigenvalue weighted by Gasteiger charge is -2.28. The molecule has 0 spiro atoms. The summed E-state index contributed by atoms with van der Waals surface area (Å²) in [6, 6.07) is 13.8. The van der Waals surface area contributed by atoms with Gasteiger partial charge in [-0.25, -0.2) is 9.97 Å². The van der Waals surface area contributed by atoms with Gasteiger partial charge >= 0.3 is 0 Å². The first-order chi connectivity index (χ1) is 12.8. The van der Waals surface area contributed by atoms with Gasteiger partial charge in [-0.15, -0.1) is 0 Å². The van der Waals surface area contributed by atoms with Crippen molar-refractivity contribution in [3.05, 3.63) is 83.4 Å². The van der Waals surface area contributed by atoms with E-state index in [4.69, 9.17) is 0 Å². The van der Waals surface area contributed by atoms with Crippen LogP contribution in [0.5, 0.6) is 0 Å². The fourth-order valence-electron chi connectivity index (χ4n) is 3.08. The number of nitrogens with zero attached hydrogens (tertiary/aromatic N) is 4. The molecular formula is C20H19N5O. The summed E-state index contributed by atoms with van der Waals surface area (Å²) in [7, 11) is 0. The predicted molar refractivity (Wildman–Crippen MR) is 98.5 cm³/mol. The van der Waals surface area contributed by atoms with Crippen LogP contribution in [0, 0.1) is 0 Å². The fraction of sp³-hybridized carbons (Fsp3) is 0.200. The number of hydrogen-bond donors (Lipinski definition) is 1. The first-order valence-electron chi connectivity index (χ1n) is 8.61. The van der Waals surface area contributed by atoms with Crippen molar-refractivity contribution >= 4 is 11.9 Å². The maximum absolute atomic E-state index is 12.8. The van der Waals surface area contributed by atoms with Gasteiger partial charge in [-0.1, -0.05) is 24.3 Å². The monoisotopic (exact) mass is 345 g/mol. The quantitative estimate of drug-likeness (QED) is 0.787. The molecule has 1 amide bonds. The van der Waals surface area contributed by atoms with Gasteiger partial charge in [-0.05, 0) is 41.3 Å². The SMILES string of the molecule is O=C(c1ccnc(NCc2ccncc2)n1)N1CCc2ccccc2C1. The van der Waals surface area contributed by atoms with Gasteiger partial charge in [0.25, 0.3) is 5.91 Å². The molecule has 1 aliphatic rings. The Morgan fingerprint density at radius 3 is 2.69 bits per heavy atom. The molecule has 0 fully saturated rings. The molecular weight excluding hydrogens is 326 g/mol. The molecule has 0 saturated carbocycles. The maximum Gasteiger partial charge on any atom is 0.272 e. The van der Waals surface area contributed by atoms with Gasteiger partial charge in [0.1, 0.15) is 5.69 Å². The van der Waals surface area contributed by atoms with E-state index >= 15 is 0 Å². The van der Waals surface area contributed by atoms with Crippen molar-refractivity contribution in [2.75, 3.05) is 11.9 Å². The van der Waals surface area contributed by atoms with E-state index in [1.807, 2.05) is 29.2 Å². The summed E-state index contributed by atoms with van der Waals surface area (Å²) in [5.41, 5.74) is 4.01. The Morgan fingerprint density at radius 2 is 1.85 bits per heavy atom. The molecule has 130 valence electrons. The number of carbonyl (C=O) groups excluding carboxylic acids is 1. The van der Waals surface area contributed by atoms with Crippen LogP contribution in [0.4, 0.5) is 5.95 Å². The summed E-state index contributed by atoms with van der Waals surface area (Å²) in [6.45, 7) is 1.91. The van der Waals surface area contributed by atoms with Gasteiger partial charge in [0.05, 0.1) is 0 Å². The molecule has 0 radical (unpaired) electrons. The maximum atomic E-state index is 12.8. The Balaban J connectivity index is 1.45. The minimum atomic E-state index is -0.0612. The zero-order valence-electron chi connectivity index (χ0n) is 14.3. The second kappa shape index (κ2) is 7.31. The molecule has 0 unspecified atom stereocenters. The van der Waals surface area contributed by atoms with E-state index in [0.717, 1.165) is 12.0 Å². The van der Waals surface area contributed by atoms with E-state index in [1.54, 1.807) is 24.7 Å². The average molecular weight is 345 g/mol. The molecule has 6 nitrogen and oxygen atoms in total. The van der Waals surface area contributed by atoms with E-state index in [0.29, 0.717) is 31.3 Å². The standard InChI is InChI=1S/C20H19N5O/c26-19(25-12-8-16-3-1-2-4-17(16)14-25)18-7-11-22-20(24-18)23-13-15-5-9-21-10-6-15/h1-7,9-11H,8,12-14H2,(H,22,23,24). The van der Waals surface area contributed by atoms with Crippen molar-refractivity contribution in [3.8, 4) is 0 Å². The number of anilines is 1. The number of aromatic nitrogens is 3. The smallest absolute Gasteiger partial charge is 0.272 e. The van der Waals surface area contributed by atoms with Crippen molar-refractivity contribution in [1.82, 2.24) is 19.9 Å². The van der Waals surface area contributed by atoms with Crippen LogP contribution in [-0.2, 0) is 19.5 Å². The number of pyridine rings is 1. The minimum absolute atomic E-state index is 0.0612. The molecule has 2 aromatic heterocycles. The van der Waals surface area contributed by atoms with Crippen LogP contribution in [0.3, 0.4) is 0 Å². The van der Waals surface area contributed by atoms with Crippen LogP contribution in [0.15, 0.2) is 61.1 Å². The van der Waals surface area contributed by atoms with Crippen LogP contribution in [-0.4, -0.2) is 32.3 Å². The summed E-state index contributed by atoms with van der Waals surface area (Å²) in [4.78, 5) is 27.3. The first kappa shape index (κ1) is 16.2. The van der Waals surface area contributed by atoms with Crippen molar-refractivity contribution < 1.29 is 4.79 Å². The third-order valence-corrected chi connectivity index (χ3v) is 4.49. The Morgan fingerprint density at radius 1 is 1.04 bits per heavy atom. The lowest BCUT2D eigenvalue weighted by molar-refractivity contribution is 0.0728. The lowest BCUT2D eigenvalue weighted by Crippen LogP contribution is -2.36. The van der Waals surface area contributed by atoms with E-state index < -0.39 is 0 Å². The highest BCUT2D eigenvalue weighted by Gasteiger charge is 2.22. The number of carbonyl (C=O) groups is 1. The van der Waals surface area contributed by atoms with Crippen molar-refractivity contribution in [2.24, 2.45) is 0 Å². The Hall–Kier alpha value is -3.28. The fourth-order valence-corrected chi connectivity index (χ4v) is 3.08. The summed E-state index contributed by atoms with van der Waals surface area (Å²) in [5, 5.41) is 3.15. The molecule has 0 aliphatic carbocycles. The van der Waals surface area contributed by atoms with Crippen LogP contribution < -0.4 is 5.32 Å². The Bertz CT molecular complexity index is 913. The number of rotatable bonds is 4. The second-order valence-electron chi connectivity index (χ2n) is 6.22. The molecule has 3 heterocycles. The first-order valence-corrected chi connectivity index (χ1v) is 8.61. The molecule has 1 aliphatic heterocycles. The van der Waals surface area contributed by atoms with Crippen LogP contribution >= 0.6 is 0 Å². The van der Waals surface area contributed by atoms with Gasteiger partial charge in [-0.2, -0.15) is 0 Å².